The van der Waals surface area contributed by atoms with Gasteiger partial charge >= 0.3 is 12.4 Å². The number of nitrogens with zero attached hydrogens (tertiary/aromatic N) is 2. The zero-order valence-corrected chi connectivity index (χ0v) is 24.0. The lowest BCUT2D eigenvalue weighted by atomic mass is 10.1. The third-order valence-electron chi connectivity index (χ3n) is 5.43. The predicted molar refractivity (Wildman–Crippen MR) is 148 cm³/mol. The minimum absolute atomic E-state index is 0.113. The molecule has 0 saturated heterocycles. The van der Waals surface area contributed by atoms with Crippen LogP contribution in [0, 0.1) is 0 Å². The van der Waals surface area contributed by atoms with Gasteiger partial charge in [0.1, 0.15) is 0 Å². The van der Waals surface area contributed by atoms with E-state index in [1.807, 2.05) is 0 Å². The van der Waals surface area contributed by atoms with Crippen LogP contribution < -0.4 is 16.2 Å². The van der Waals surface area contributed by atoms with E-state index in [1.54, 1.807) is 0 Å². The van der Waals surface area contributed by atoms with Crippen LogP contribution in [0.5, 0.6) is 11.5 Å². The molecule has 0 unspecified atom stereocenters. The predicted octanol–water partition coefficient (Wildman–Crippen LogP) is 10.7. The molecule has 41 heavy (non-hydrogen) atoms. The van der Waals surface area contributed by atoms with Crippen molar-refractivity contribution in [2.24, 2.45) is 0 Å². The topological polar surface area (TPSA) is 87.0 Å². The number of hydrogen-bond acceptors (Lipinski definition) is 5. The standard InChI is InChI=1S/C24H10Cl6F6N4O/c25-9-1-7(23(31,32)33)5-39-19(9)15-13(37)3-11(27)21(17(15)29)41-22-12(28)4-14(38)16(18(22)30)20-10(26)2-8(6-40-20)24(34,35)36/h1-6H,37-38H2. The third-order valence-corrected chi connectivity index (χ3v) is 7.29. The molecule has 0 fully saturated rings. The number of aromatic nitrogens is 2. The number of hydrogen-bond donors (Lipinski definition) is 2. The van der Waals surface area contributed by atoms with Crippen LogP contribution in [0.3, 0.4) is 0 Å². The number of ether oxygens (including phenoxy) is 1. The minimum atomic E-state index is -4.72. The lowest BCUT2D eigenvalue weighted by molar-refractivity contribution is -0.138. The minimum Gasteiger partial charge on any atom is -0.451 e. The summed E-state index contributed by atoms with van der Waals surface area (Å²) in [6.07, 6.45) is -8.37. The molecule has 0 aliphatic carbocycles. The first-order valence-electron chi connectivity index (χ1n) is 10.6. The second kappa shape index (κ2) is 11.3. The molecule has 2 heterocycles. The molecule has 17 heteroatoms. The van der Waals surface area contributed by atoms with Crippen LogP contribution in [0.4, 0.5) is 37.7 Å². The number of halogens is 12. The normalized spacial score (nSPS) is 12.1. The highest BCUT2D eigenvalue weighted by Crippen LogP contribution is 2.52. The first-order valence-corrected chi connectivity index (χ1v) is 12.9. The van der Waals surface area contributed by atoms with Crippen LogP contribution in [0.1, 0.15) is 11.1 Å². The van der Waals surface area contributed by atoms with Crippen molar-refractivity contribution in [1.29, 1.82) is 0 Å². The highest BCUT2D eigenvalue weighted by atomic mass is 35.5. The van der Waals surface area contributed by atoms with Crippen molar-refractivity contribution in [3.05, 3.63) is 77.9 Å². The number of alkyl halides is 6. The largest absolute Gasteiger partial charge is 0.451 e. The Bertz CT molecular complexity index is 1570. The Hall–Kier alpha value is -2.54. The molecule has 0 spiro atoms. The monoisotopic (exact) mass is 694 g/mol. The van der Waals surface area contributed by atoms with E-state index in [0.29, 0.717) is 24.5 Å². The van der Waals surface area contributed by atoms with Crippen molar-refractivity contribution < 1.29 is 31.1 Å². The first-order chi connectivity index (χ1) is 18.9. The molecule has 2 aromatic carbocycles. The van der Waals surface area contributed by atoms with Gasteiger partial charge in [0.05, 0.1) is 52.7 Å². The van der Waals surface area contributed by atoms with Crippen LogP contribution >= 0.6 is 69.6 Å². The molecule has 216 valence electrons. The molecule has 0 saturated carbocycles. The fraction of sp³-hybridized carbons (Fsp3) is 0.0833. The fourth-order valence-corrected chi connectivity index (χ4v) is 5.36. The maximum absolute atomic E-state index is 13.1. The lowest BCUT2D eigenvalue weighted by Crippen LogP contribution is -2.06. The molecule has 0 radical (unpaired) electrons. The van der Waals surface area contributed by atoms with Crippen molar-refractivity contribution in [3.8, 4) is 34.0 Å². The molecule has 0 atom stereocenters. The van der Waals surface area contributed by atoms with Crippen LogP contribution in [-0.4, -0.2) is 9.97 Å². The highest BCUT2D eigenvalue weighted by molar-refractivity contribution is 6.42. The summed E-state index contributed by atoms with van der Waals surface area (Å²) in [5.41, 5.74) is 8.91. The van der Waals surface area contributed by atoms with Gasteiger partial charge in [-0.05, 0) is 24.3 Å². The summed E-state index contributed by atoms with van der Waals surface area (Å²) in [7, 11) is 0. The second-order valence-corrected chi connectivity index (χ2v) is 10.5. The van der Waals surface area contributed by atoms with Crippen LogP contribution in [0.15, 0.2) is 36.7 Å². The van der Waals surface area contributed by atoms with E-state index in [1.165, 1.54) is 12.1 Å². The Kier molecular flexibility index (Phi) is 8.63. The summed E-state index contributed by atoms with van der Waals surface area (Å²) in [4.78, 5) is 7.52. The van der Waals surface area contributed by atoms with Crippen LogP contribution in [0.25, 0.3) is 22.5 Å². The van der Waals surface area contributed by atoms with Gasteiger partial charge in [0, 0.05) is 34.9 Å². The third kappa shape index (κ3) is 6.16. The average molecular weight is 697 g/mol. The molecule has 0 bridgehead atoms. The molecule has 4 aromatic rings. The number of nitrogens with two attached hydrogens (primary N) is 2. The van der Waals surface area contributed by atoms with E-state index in [2.05, 4.69) is 9.97 Å². The van der Waals surface area contributed by atoms with E-state index in [0.717, 1.165) is 0 Å². The van der Waals surface area contributed by atoms with Crippen molar-refractivity contribution in [2.45, 2.75) is 12.4 Å². The maximum atomic E-state index is 13.1. The van der Waals surface area contributed by atoms with Gasteiger partial charge in [-0.2, -0.15) is 26.3 Å². The molecule has 0 aliphatic heterocycles. The Labute approximate surface area is 256 Å². The van der Waals surface area contributed by atoms with Crippen molar-refractivity contribution >= 4 is 81.0 Å². The Morgan fingerprint density at radius 2 is 0.902 bits per heavy atom. The van der Waals surface area contributed by atoms with Gasteiger partial charge in [-0.25, -0.2) is 0 Å². The van der Waals surface area contributed by atoms with Gasteiger partial charge in [0.2, 0.25) is 0 Å². The number of nitrogen functional groups attached to an aromatic ring is 2. The summed E-state index contributed by atoms with van der Waals surface area (Å²) < 4.78 is 84.4. The van der Waals surface area contributed by atoms with Crippen LogP contribution in [0.2, 0.25) is 30.1 Å². The molecule has 4 rings (SSSR count). The number of rotatable bonds is 4. The summed E-state index contributed by atoms with van der Waals surface area (Å²) >= 11 is 37.8. The number of benzene rings is 2. The van der Waals surface area contributed by atoms with Crippen molar-refractivity contribution in [2.75, 3.05) is 11.5 Å². The lowest BCUT2D eigenvalue weighted by Gasteiger charge is -2.19. The first kappa shape index (κ1) is 31.4. The average Bonchev–Trinajstić information content (AvgIpc) is 2.83. The molecular weight excluding hydrogens is 687 g/mol. The molecule has 0 amide bonds. The highest BCUT2D eigenvalue weighted by Gasteiger charge is 2.34. The fourth-order valence-electron chi connectivity index (χ4n) is 3.56. The van der Waals surface area contributed by atoms with E-state index in [-0.39, 0.29) is 65.5 Å². The van der Waals surface area contributed by atoms with Gasteiger partial charge in [-0.3, -0.25) is 9.97 Å². The van der Waals surface area contributed by atoms with Crippen LogP contribution in [-0.2, 0) is 12.4 Å². The number of pyridine rings is 2. The van der Waals surface area contributed by atoms with E-state index >= 15 is 0 Å². The summed E-state index contributed by atoms with van der Waals surface area (Å²) in [6.45, 7) is 0. The smallest absolute Gasteiger partial charge is 0.417 e. The second-order valence-electron chi connectivity index (χ2n) is 8.14. The van der Waals surface area contributed by atoms with Gasteiger partial charge in [0.15, 0.2) is 11.5 Å². The van der Waals surface area contributed by atoms with E-state index < -0.39 is 33.5 Å². The Morgan fingerprint density at radius 1 is 0.561 bits per heavy atom. The summed E-state index contributed by atoms with van der Waals surface area (Å²) in [6, 6.07) is 3.61. The van der Waals surface area contributed by atoms with Gasteiger partial charge in [-0.1, -0.05) is 69.6 Å². The van der Waals surface area contributed by atoms with Crippen molar-refractivity contribution in [3.63, 3.8) is 0 Å². The van der Waals surface area contributed by atoms with Crippen molar-refractivity contribution in [1.82, 2.24) is 9.97 Å². The van der Waals surface area contributed by atoms with Gasteiger partial charge < -0.3 is 16.2 Å². The summed E-state index contributed by atoms with van der Waals surface area (Å²) in [5.74, 6) is -0.636. The summed E-state index contributed by atoms with van der Waals surface area (Å²) in [5, 5.41) is -1.90. The molecule has 5 nitrogen and oxygen atoms in total. The van der Waals surface area contributed by atoms with E-state index in [4.69, 9.17) is 85.8 Å². The van der Waals surface area contributed by atoms with E-state index in [9.17, 15) is 26.3 Å². The molecule has 2 aromatic heterocycles. The van der Waals surface area contributed by atoms with Gasteiger partial charge in [-0.15, -0.1) is 0 Å². The maximum Gasteiger partial charge on any atom is 0.417 e. The quantitative estimate of drug-likeness (QED) is 0.164. The number of anilines is 2. The zero-order chi connectivity index (χ0) is 30.6. The molecule has 0 aliphatic rings. The Balaban J connectivity index is 1.86. The Morgan fingerprint density at radius 3 is 1.20 bits per heavy atom. The SMILES string of the molecule is Nc1cc(Cl)c(Oc2c(Cl)cc(N)c(-c3ncc(C(F)(F)F)cc3Cl)c2Cl)c(Cl)c1-c1ncc(C(F)(F)F)cc1Cl. The molecule has 4 N–H and O–H groups in total. The molecular formula is C24H10Cl6F6N4O. The van der Waals surface area contributed by atoms with Gasteiger partial charge in [0.25, 0.3) is 0 Å². The zero-order valence-electron chi connectivity index (χ0n) is 19.5.